The summed E-state index contributed by atoms with van der Waals surface area (Å²) in [5, 5.41) is 20.6. The fraction of sp³-hybridized carbons (Fsp3) is 0.238. The third-order valence-electron chi connectivity index (χ3n) is 5.62. The molecule has 0 fully saturated rings. The normalized spacial score (nSPS) is 14.7. The summed E-state index contributed by atoms with van der Waals surface area (Å²) >= 11 is 0. The number of anilines is 2. The Morgan fingerprint density at radius 3 is 2.26 bits per heavy atom. The van der Waals surface area contributed by atoms with E-state index in [1.165, 1.54) is 0 Å². The first kappa shape index (κ1) is 16.8. The van der Waals surface area contributed by atoms with E-state index in [9.17, 15) is 5.26 Å². The summed E-state index contributed by atoms with van der Waals surface area (Å²) in [6.07, 6.45) is 1.56. The zero-order valence-corrected chi connectivity index (χ0v) is 15.6. The molecule has 0 unspecified atom stereocenters. The van der Waals surface area contributed by atoms with Crippen molar-refractivity contribution in [2.75, 3.05) is 23.9 Å². The number of benzene rings is 2. The molecule has 0 amide bonds. The summed E-state index contributed by atoms with van der Waals surface area (Å²) in [6.45, 7) is 4.38. The molecule has 2 heterocycles. The molecule has 0 saturated carbocycles. The molecule has 1 aliphatic rings. The fourth-order valence-corrected chi connectivity index (χ4v) is 3.64. The molecule has 132 valence electrons. The number of rotatable bonds is 1. The SMILES string of the molecule is CN1c2cccc3c(-c4cnc(C#N)c(C#N)n4)ccc(c23)N(C)C1(C)C. The van der Waals surface area contributed by atoms with Crippen molar-refractivity contribution in [1.29, 1.82) is 10.5 Å². The Bertz CT molecular complexity index is 1150. The summed E-state index contributed by atoms with van der Waals surface area (Å²) < 4.78 is 0. The topological polar surface area (TPSA) is 79.8 Å². The molecular formula is C21H18N6. The Morgan fingerprint density at radius 2 is 1.59 bits per heavy atom. The van der Waals surface area contributed by atoms with Crippen molar-refractivity contribution in [2.45, 2.75) is 19.5 Å². The van der Waals surface area contributed by atoms with E-state index < -0.39 is 0 Å². The second-order valence-electron chi connectivity index (χ2n) is 7.12. The Kier molecular flexibility index (Phi) is 3.54. The first-order chi connectivity index (χ1) is 12.9. The molecule has 1 aliphatic heterocycles. The van der Waals surface area contributed by atoms with Gasteiger partial charge in [0.2, 0.25) is 0 Å². The first-order valence-corrected chi connectivity index (χ1v) is 8.61. The molecule has 2 aromatic carbocycles. The van der Waals surface area contributed by atoms with Crippen molar-refractivity contribution < 1.29 is 0 Å². The van der Waals surface area contributed by atoms with Crippen LogP contribution in [0.4, 0.5) is 11.4 Å². The Hall–Kier alpha value is -3.64. The van der Waals surface area contributed by atoms with Crippen molar-refractivity contribution in [2.24, 2.45) is 0 Å². The Morgan fingerprint density at radius 1 is 0.926 bits per heavy atom. The fourth-order valence-electron chi connectivity index (χ4n) is 3.64. The summed E-state index contributed by atoms with van der Waals surface area (Å²) in [4.78, 5) is 13.0. The van der Waals surface area contributed by atoms with E-state index in [0.717, 1.165) is 27.7 Å². The third-order valence-corrected chi connectivity index (χ3v) is 5.62. The average molecular weight is 354 g/mol. The van der Waals surface area contributed by atoms with Gasteiger partial charge in [0.15, 0.2) is 11.4 Å². The number of nitriles is 2. The number of nitrogens with zero attached hydrogens (tertiary/aromatic N) is 6. The highest BCUT2D eigenvalue weighted by molar-refractivity contribution is 6.11. The standard InChI is InChI=1S/C21H18N6/c1-21(2)26(3)18-7-5-6-14-13(8-9-19(20(14)18)27(21)4)17-12-24-15(10-22)16(11-23)25-17/h5-9,12H,1-4H3. The van der Waals surface area contributed by atoms with Crippen LogP contribution in [0.3, 0.4) is 0 Å². The maximum absolute atomic E-state index is 9.28. The molecule has 6 nitrogen and oxygen atoms in total. The molecule has 0 radical (unpaired) electrons. The van der Waals surface area contributed by atoms with E-state index in [2.05, 4.69) is 65.9 Å². The van der Waals surface area contributed by atoms with Crippen LogP contribution in [0.1, 0.15) is 25.2 Å². The Balaban J connectivity index is 2.02. The molecule has 1 aromatic heterocycles. The quantitative estimate of drug-likeness (QED) is 0.663. The van der Waals surface area contributed by atoms with Crippen molar-refractivity contribution in [3.63, 3.8) is 0 Å². The summed E-state index contributed by atoms with van der Waals surface area (Å²) in [5.41, 5.74) is 3.71. The van der Waals surface area contributed by atoms with Gasteiger partial charge < -0.3 is 9.80 Å². The number of aromatic nitrogens is 2. The summed E-state index contributed by atoms with van der Waals surface area (Å²) in [6, 6.07) is 14.2. The van der Waals surface area contributed by atoms with Gasteiger partial charge >= 0.3 is 0 Å². The predicted molar refractivity (Wildman–Crippen MR) is 105 cm³/mol. The molecule has 27 heavy (non-hydrogen) atoms. The molecule has 0 bridgehead atoms. The lowest BCUT2D eigenvalue weighted by atomic mass is 9.94. The largest absolute Gasteiger partial charge is 0.352 e. The molecule has 3 aromatic rings. The van der Waals surface area contributed by atoms with Gasteiger partial charge in [-0.15, -0.1) is 0 Å². The molecule has 0 atom stereocenters. The van der Waals surface area contributed by atoms with Crippen LogP contribution in [0, 0.1) is 22.7 Å². The zero-order chi connectivity index (χ0) is 19.3. The van der Waals surface area contributed by atoms with Gasteiger partial charge in [0.05, 0.1) is 11.9 Å². The van der Waals surface area contributed by atoms with Crippen LogP contribution in [0.5, 0.6) is 0 Å². The van der Waals surface area contributed by atoms with Crippen LogP contribution < -0.4 is 9.80 Å². The van der Waals surface area contributed by atoms with Crippen molar-refractivity contribution >= 4 is 22.1 Å². The number of hydrogen-bond donors (Lipinski definition) is 0. The van der Waals surface area contributed by atoms with Crippen LogP contribution in [-0.2, 0) is 0 Å². The van der Waals surface area contributed by atoms with Crippen molar-refractivity contribution in [1.82, 2.24) is 9.97 Å². The summed E-state index contributed by atoms with van der Waals surface area (Å²) in [5.74, 6) is 0. The van der Waals surface area contributed by atoms with Gasteiger partial charge in [-0.3, -0.25) is 0 Å². The van der Waals surface area contributed by atoms with Gasteiger partial charge in [-0.1, -0.05) is 18.2 Å². The van der Waals surface area contributed by atoms with Gasteiger partial charge in [0.25, 0.3) is 0 Å². The van der Waals surface area contributed by atoms with Crippen LogP contribution >= 0.6 is 0 Å². The zero-order valence-electron chi connectivity index (χ0n) is 15.6. The lowest BCUT2D eigenvalue weighted by Crippen LogP contribution is -2.56. The van der Waals surface area contributed by atoms with Crippen LogP contribution in [0.15, 0.2) is 36.5 Å². The minimum atomic E-state index is -0.162. The third kappa shape index (κ3) is 2.24. The maximum Gasteiger partial charge on any atom is 0.177 e. The highest BCUT2D eigenvalue weighted by Crippen LogP contribution is 2.46. The van der Waals surface area contributed by atoms with Gasteiger partial charge in [0, 0.05) is 36.4 Å². The second kappa shape index (κ2) is 5.69. The van der Waals surface area contributed by atoms with E-state index in [-0.39, 0.29) is 17.1 Å². The minimum absolute atomic E-state index is 0.0465. The lowest BCUT2D eigenvalue weighted by Gasteiger charge is -2.50. The van der Waals surface area contributed by atoms with Crippen molar-refractivity contribution in [3.8, 4) is 23.4 Å². The Labute approximate surface area is 157 Å². The highest BCUT2D eigenvalue weighted by atomic mass is 15.4. The van der Waals surface area contributed by atoms with Gasteiger partial charge in [-0.05, 0) is 31.4 Å². The monoisotopic (exact) mass is 354 g/mol. The van der Waals surface area contributed by atoms with E-state index in [4.69, 9.17) is 5.26 Å². The molecule has 0 spiro atoms. The molecule has 0 N–H and O–H groups in total. The maximum atomic E-state index is 9.28. The van der Waals surface area contributed by atoms with Gasteiger partial charge in [-0.25, -0.2) is 9.97 Å². The average Bonchev–Trinajstić information content (AvgIpc) is 2.69. The van der Waals surface area contributed by atoms with Gasteiger partial charge in [-0.2, -0.15) is 10.5 Å². The minimum Gasteiger partial charge on any atom is -0.352 e. The molecule has 6 heteroatoms. The molecule has 0 aliphatic carbocycles. The van der Waals surface area contributed by atoms with Crippen molar-refractivity contribution in [3.05, 3.63) is 47.9 Å². The van der Waals surface area contributed by atoms with Crippen LogP contribution in [0.25, 0.3) is 22.0 Å². The summed E-state index contributed by atoms with van der Waals surface area (Å²) in [7, 11) is 4.19. The predicted octanol–water partition coefficient (Wildman–Crippen LogP) is 3.66. The highest BCUT2D eigenvalue weighted by Gasteiger charge is 2.35. The molecule has 4 rings (SSSR count). The molecular weight excluding hydrogens is 336 g/mol. The smallest absolute Gasteiger partial charge is 0.177 e. The van der Waals surface area contributed by atoms with E-state index in [1.807, 2.05) is 24.3 Å². The van der Waals surface area contributed by atoms with E-state index in [0.29, 0.717) is 5.69 Å². The van der Waals surface area contributed by atoms with E-state index in [1.54, 1.807) is 6.20 Å². The number of hydrogen-bond acceptors (Lipinski definition) is 6. The molecule has 0 saturated heterocycles. The van der Waals surface area contributed by atoms with Crippen LogP contribution in [0.2, 0.25) is 0 Å². The van der Waals surface area contributed by atoms with Gasteiger partial charge in [0.1, 0.15) is 17.8 Å². The second-order valence-corrected chi connectivity index (χ2v) is 7.12. The first-order valence-electron chi connectivity index (χ1n) is 8.61. The van der Waals surface area contributed by atoms with Crippen LogP contribution in [-0.4, -0.2) is 29.7 Å². The lowest BCUT2D eigenvalue weighted by molar-refractivity contribution is 0.474. The van der Waals surface area contributed by atoms with E-state index >= 15 is 0 Å².